The van der Waals surface area contributed by atoms with E-state index in [2.05, 4.69) is 33.1 Å². The molecule has 0 aliphatic carbocycles. The average molecular weight is 283 g/mol. The summed E-state index contributed by atoms with van der Waals surface area (Å²) < 4.78 is 6.78. The van der Waals surface area contributed by atoms with Crippen molar-refractivity contribution < 1.29 is 4.74 Å². The fourth-order valence-electron chi connectivity index (χ4n) is 1.68. The van der Waals surface area contributed by atoms with E-state index in [4.69, 9.17) is 10.5 Å². The lowest BCUT2D eigenvalue weighted by Crippen LogP contribution is -2.18. The van der Waals surface area contributed by atoms with Gasteiger partial charge in [0.1, 0.15) is 6.10 Å². The van der Waals surface area contributed by atoms with E-state index in [1.165, 1.54) is 5.56 Å². The number of benzene rings is 1. The maximum absolute atomic E-state index is 5.69. The Kier molecular flexibility index (Phi) is 3.96. The second-order valence-corrected chi connectivity index (χ2v) is 4.77. The Bertz CT molecular complexity index is 375. The van der Waals surface area contributed by atoms with Gasteiger partial charge in [-0.1, -0.05) is 28.1 Å². The Hall–Kier alpha value is -0.870. The molecule has 0 saturated carbocycles. The predicted molar refractivity (Wildman–Crippen MR) is 68.7 cm³/mol. The fraction of sp³-hybridized carbons (Fsp3) is 0.417. The molecule has 1 aliphatic rings. The molecule has 1 atom stereocenters. The Morgan fingerprint density at radius 2 is 2.12 bits per heavy atom. The summed E-state index contributed by atoms with van der Waals surface area (Å²) in [5.74, 6) is 0.834. The summed E-state index contributed by atoms with van der Waals surface area (Å²) in [5.41, 5.74) is 6.70. The summed E-state index contributed by atoms with van der Waals surface area (Å²) in [5, 5.41) is 0. The second kappa shape index (κ2) is 5.46. The third-order valence-electron chi connectivity index (χ3n) is 2.53. The number of nitrogens with zero attached hydrogens (tertiary/aromatic N) is 1. The van der Waals surface area contributed by atoms with Crippen molar-refractivity contribution >= 4 is 21.8 Å². The quantitative estimate of drug-likeness (QED) is 0.920. The lowest BCUT2D eigenvalue weighted by molar-refractivity contribution is 0.212. The van der Waals surface area contributed by atoms with Gasteiger partial charge in [-0.25, -0.2) is 0 Å². The first-order valence-electron chi connectivity index (χ1n) is 5.42. The first kappa shape index (κ1) is 11.6. The summed E-state index contributed by atoms with van der Waals surface area (Å²) in [6.45, 7) is 1.41. The van der Waals surface area contributed by atoms with Gasteiger partial charge in [-0.2, -0.15) is 0 Å². The van der Waals surface area contributed by atoms with Crippen molar-refractivity contribution in [3.63, 3.8) is 0 Å². The van der Waals surface area contributed by atoms with Crippen molar-refractivity contribution in [1.29, 1.82) is 0 Å². The van der Waals surface area contributed by atoms with Crippen LogP contribution in [0.3, 0.4) is 0 Å². The number of aliphatic imine (C=N–C) groups is 1. The molecule has 0 spiro atoms. The molecule has 0 saturated heterocycles. The maximum Gasteiger partial charge on any atom is 0.188 e. The van der Waals surface area contributed by atoms with Crippen LogP contribution >= 0.6 is 15.9 Å². The number of nitrogens with two attached hydrogens (primary N) is 1. The molecule has 1 unspecified atom stereocenters. The van der Waals surface area contributed by atoms with Gasteiger partial charge in [0.2, 0.25) is 0 Å². The fourth-order valence-corrected chi connectivity index (χ4v) is 1.95. The first-order valence-corrected chi connectivity index (χ1v) is 6.21. The highest BCUT2D eigenvalue weighted by molar-refractivity contribution is 9.10. The number of halogens is 1. The van der Waals surface area contributed by atoms with Gasteiger partial charge in [0, 0.05) is 10.9 Å². The zero-order valence-corrected chi connectivity index (χ0v) is 10.6. The molecule has 2 N–H and O–H groups in total. The van der Waals surface area contributed by atoms with Crippen LogP contribution in [0, 0.1) is 0 Å². The lowest BCUT2D eigenvalue weighted by atomic mass is 10.1. The Labute approximate surface area is 104 Å². The summed E-state index contributed by atoms with van der Waals surface area (Å²) in [6, 6.07) is 8.21. The number of hydrogen-bond acceptors (Lipinski definition) is 3. The van der Waals surface area contributed by atoms with Crippen LogP contribution in [0.5, 0.6) is 0 Å². The van der Waals surface area contributed by atoms with E-state index >= 15 is 0 Å². The molecule has 86 valence electrons. The number of ether oxygens (including phenoxy) is 1. The van der Waals surface area contributed by atoms with Crippen molar-refractivity contribution in [3.05, 3.63) is 34.3 Å². The Balaban J connectivity index is 1.89. The van der Waals surface area contributed by atoms with E-state index in [9.17, 15) is 0 Å². The molecule has 0 aromatic heterocycles. The van der Waals surface area contributed by atoms with Gasteiger partial charge in [0.05, 0.1) is 6.54 Å². The highest BCUT2D eigenvalue weighted by atomic mass is 79.9. The van der Waals surface area contributed by atoms with Gasteiger partial charge in [0.25, 0.3) is 0 Å². The van der Waals surface area contributed by atoms with Gasteiger partial charge in [-0.05, 0) is 30.7 Å². The summed E-state index contributed by atoms with van der Waals surface area (Å²) in [6.07, 6.45) is 1.84. The van der Waals surface area contributed by atoms with Crippen LogP contribution in [0.1, 0.15) is 12.0 Å². The summed E-state index contributed by atoms with van der Waals surface area (Å²) >= 11 is 3.41. The van der Waals surface area contributed by atoms with E-state index in [-0.39, 0.29) is 6.10 Å². The van der Waals surface area contributed by atoms with Crippen LogP contribution < -0.4 is 5.73 Å². The van der Waals surface area contributed by atoms with Crippen LogP contribution in [0.15, 0.2) is 33.7 Å². The van der Waals surface area contributed by atoms with Crippen molar-refractivity contribution in [2.75, 3.05) is 13.1 Å². The molecule has 0 bridgehead atoms. The third kappa shape index (κ3) is 3.06. The van der Waals surface area contributed by atoms with Crippen LogP contribution in [0.2, 0.25) is 0 Å². The van der Waals surface area contributed by atoms with Crippen LogP contribution in [0.4, 0.5) is 0 Å². The topological polar surface area (TPSA) is 47.6 Å². The molecular weight excluding hydrogens is 268 g/mol. The standard InChI is InChI=1S/C12H15BrN2O/c13-10-3-1-9(2-4-10)7-12-15-8-11(16-12)5-6-14/h1-4,11H,5-8,14H2. The molecule has 4 heteroatoms. The third-order valence-corrected chi connectivity index (χ3v) is 3.06. The summed E-state index contributed by atoms with van der Waals surface area (Å²) in [4.78, 5) is 4.38. The molecular formula is C12H15BrN2O. The lowest BCUT2D eigenvalue weighted by Gasteiger charge is -2.09. The predicted octanol–water partition coefficient (Wildman–Crippen LogP) is 2.14. The van der Waals surface area contributed by atoms with Crippen LogP contribution in [-0.4, -0.2) is 25.1 Å². The Morgan fingerprint density at radius 1 is 1.38 bits per heavy atom. The zero-order valence-electron chi connectivity index (χ0n) is 9.03. The number of hydrogen-bond donors (Lipinski definition) is 1. The van der Waals surface area contributed by atoms with E-state index in [1.807, 2.05) is 12.1 Å². The molecule has 0 fully saturated rings. The largest absolute Gasteiger partial charge is 0.475 e. The van der Waals surface area contributed by atoms with Crippen molar-refractivity contribution in [2.45, 2.75) is 18.9 Å². The van der Waals surface area contributed by atoms with Crippen molar-refractivity contribution in [2.24, 2.45) is 10.7 Å². The minimum absolute atomic E-state index is 0.190. The highest BCUT2D eigenvalue weighted by Gasteiger charge is 2.18. The highest BCUT2D eigenvalue weighted by Crippen LogP contribution is 2.14. The van der Waals surface area contributed by atoms with E-state index < -0.39 is 0 Å². The molecule has 0 amide bonds. The van der Waals surface area contributed by atoms with Crippen LogP contribution in [0.25, 0.3) is 0 Å². The molecule has 16 heavy (non-hydrogen) atoms. The zero-order chi connectivity index (χ0) is 11.4. The average Bonchev–Trinajstić information content (AvgIpc) is 2.70. The first-order chi connectivity index (χ1) is 7.78. The number of rotatable bonds is 4. The van der Waals surface area contributed by atoms with E-state index in [1.54, 1.807) is 0 Å². The molecule has 3 nitrogen and oxygen atoms in total. The van der Waals surface area contributed by atoms with Gasteiger partial charge in [0.15, 0.2) is 5.90 Å². The molecule has 1 aromatic rings. The van der Waals surface area contributed by atoms with Gasteiger partial charge >= 0.3 is 0 Å². The molecule has 1 heterocycles. The summed E-state index contributed by atoms with van der Waals surface area (Å²) in [7, 11) is 0. The van der Waals surface area contributed by atoms with Crippen molar-refractivity contribution in [1.82, 2.24) is 0 Å². The monoisotopic (exact) mass is 282 g/mol. The molecule has 1 aromatic carbocycles. The Morgan fingerprint density at radius 3 is 2.81 bits per heavy atom. The molecule has 1 aliphatic heterocycles. The molecule has 2 rings (SSSR count). The van der Waals surface area contributed by atoms with Gasteiger partial charge in [-0.15, -0.1) is 0 Å². The van der Waals surface area contributed by atoms with Gasteiger partial charge in [-0.3, -0.25) is 4.99 Å². The van der Waals surface area contributed by atoms with E-state index in [0.717, 1.165) is 29.8 Å². The normalized spacial score (nSPS) is 19.4. The van der Waals surface area contributed by atoms with E-state index in [0.29, 0.717) is 6.54 Å². The SMILES string of the molecule is NCCC1CN=C(Cc2ccc(Br)cc2)O1. The van der Waals surface area contributed by atoms with Crippen molar-refractivity contribution in [3.8, 4) is 0 Å². The molecule has 0 radical (unpaired) electrons. The smallest absolute Gasteiger partial charge is 0.188 e. The minimum Gasteiger partial charge on any atom is -0.475 e. The van der Waals surface area contributed by atoms with Gasteiger partial charge < -0.3 is 10.5 Å². The van der Waals surface area contributed by atoms with Crippen LogP contribution in [-0.2, 0) is 11.2 Å². The minimum atomic E-state index is 0.190. The second-order valence-electron chi connectivity index (χ2n) is 3.85. The maximum atomic E-state index is 5.69.